The number of alkyl halides is 3. The molecule has 0 saturated carbocycles. The Labute approximate surface area is 249 Å². The number of aromatic nitrogens is 3. The van der Waals surface area contributed by atoms with Crippen LogP contribution in [-0.2, 0) is 12.7 Å². The Balaban J connectivity index is 1.36. The van der Waals surface area contributed by atoms with Gasteiger partial charge in [-0.25, -0.2) is 4.52 Å². The second-order valence-electron chi connectivity index (χ2n) is 11.1. The van der Waals surface area contributed by atoms with Crippen molar-refractivity contribution >= 4 is 23.2 Å². The van der Waals surface area contributed by atoms with E-state index in [2.05, 4.69) is 32.1 Å². The number of amides is 1. The highest BCUT2D eigenvalue weighted by Crippen LogP contribution is 2.35. The van der Waals surface area contributed by atoms with E-state index in [4.69, 9.17) is 0 Å². The minimum atomic E-state index is -4.54. The largest absolute Gasteiger partial charge is 0.416 e. The third-order valence-corrected chi connectivity index (χ3v) is 7.62. The standard InChI is InChI=1S/C32H34F3N7O/c1-21-6-7-25(18-24(21)9-8-23-11-13-29-37-31(39(3)4)38-42(29)22(23)2)30(43)36-27-12-10-26(28(19-27)32(33,34)35)20-41-16-14-40(5)15-17-41/h6-7,10-13,18-19H,14-17,20H2,1-5H3,(H,36,43). The molecule has 8 nitrogen and oxygen atoms in total. The summed E-state index contributed by atoms with van der Waals surface area (Å²) < 4.78 is 43.8. The van der Waals surface area contributed by atoms with Crippen molar-refractivity contribution in [2.75, 3.05) is 57.5 Å². The molecule has 0 atom stereocenters. The van der Waals surface area contributed by atoms with E-state index in [9.17, 15) is 18.0 Å². The minimum absolute atomic E-state index is 0.0847. The number of likely N-dealkylation sites (N-methyl/N-ethyl adjacent to an activating group) is 1. The number of hydrogen-bond donors (Lipinski definition) is 1. The summed E-state index contributed by atoms with van der Waals surface area (Å²) in [5, 5.41) is 7.16. The van der Waals surface area contributed by atoms with Crippen LogP contribution in [0.5, 0.6) is 0 Å². The number of rotatable bonds is 5. The van der Waals surface area contributed by atoms with Crippen LogP contribution < -0.4 is 10.2 Å². The van der Waals surface area contributed by atoms with E-state index in [-0.39, 0.29) is 17.8 Å². The van der Waals surface area contributed by atoms with E-state index in [0.717, 1.165) is 36.0 Å². The number of benzene rings is 2. The third-order valence-electron chi connectivity index (χ3n) is 7.62. The van der Waals surface area contributed by atoms with Crippen LogP contribution in [0.4, 0.5) is 24.8 Å². The number of fused-ring (bicyclic) bond motifs is 1. The molecule has 224 valence electrons. The van der Waals surface area contributed by atoms with Crippen molar-refractivity contribution in [1.82, 2.24) is 24.4 Å². The molecule has 0 unspecified atom stereocenters. The predicted molar refractivity (Wildman–Crippen MR) is 161 cm³/mol. The van der Waals surface area contributed by atoms with Gasteiger partial charge in [-0.2, -0.15) is 18.2 Å². The first kappa shape index (κ1) is 30.1. The van der Waals surface area contributed by atoms with Gasteiger partial charge in [0, 0.05) is 69.2 Å². The fourth-order valence-corrected chi connectivity index (χ4v) is 4.92. The van der Waals surface area contributed by atoms with E-state index >= 15 is 0 Å². The topological polar surface area (TPSA) is 69.0 Å². The van der Waals surface area contributed by atoms with Crippen molar-refractivity contribution in [2.24, 2.45) is 0 Å². The van der Waals surface area contributed by atoms with E-state index in [1.807, 2.05) is 56.9 Å². The SMILES string of the molecule is Cc1ccc(C(=O)Nc2ccc(CN3CCN(C)CC3)c(C(F)(F)F)c2)cc1C#Cc1ccc2nc(N(C)C)nn2c1C. The molecule has 0 radical (unpaired) electrons. The summed E-state index contributed by atoms with van der Waals surface area (Å²) in [6.07, 6.45) is -4.54. The highest BCUT2D eigenvalue weighted by Gasteiger charge is 2.34. The number of piperazine rings is 1. The Hall–Kier alpha value is -4.40. The second kappa shape index (κ2) is 12.1. The smallest absolute Gasteiger partial charge is 0.346 e. The molecule has 0 bridgehead atoms. The molecule has 2 aromatic heterocycles. The van der Waals surface area contributed by atoms with Crippen LogP contribution in [0, 0.1) is 25.7 Å². The van der Waals surface area contributed by atoms with Crippen LogP contribution in [0.15, 0.2) is 48.5 Å². The molecule has 1 N–H and O–H groups in total. The van der Waals surface area contributed by atoms with Gasteiger partial charge in [-0.15, -0.1) is 5.10 Å². The normalized spacial score (nSPS) is 14.4. The molecule has 1 amide bonds. The van der Waals surface area contributed by atoms with Crippen molar-refractivity contribution < 1.29 is 18.0 Å². The Kier molecular flexibility index (Phi) is 8.44. The zero-order valence-corrected chi connectivity index (χ0v) is 24.9. The van der Waals surface area contributed by atoms with Gasteiger partial charge in [-0.3, -0.25) is 9.69 Å². The summed E-state index contributed by atoms with van der Waals surface area (Å²) in [6, 6.07) is 12.8. The summed E-state index contributed by atoms with van der Waals surface area (Å²) in [6.45, 7) is 7.04. The van der Waals surface area contributed by atoms with Gasteiger partial charge >= 0.3 is 6.18 Å². The first-order valence-corrected chi connectivity index (χ1v) is 14.0. The van der Waals surface area contributed by atoms with Gasteiger partial charge in [0.1, 0.15) is 0 Å². The van der Waals surface area contributed by atoms with Crippen molar-refractivity contribution in [3.8, 4) is 11.8 Å². The van der Waals surface area contributed by atoms with Crippen molar-refractivity contribution in [3.05, 3.63) is 87.6 Å². The van der Waals surface area contributed by atoms with Crippen LogP contribution in [0.2, 0.25) is 0 Å². The Morgan fingerprint density at radius 1 is 0.977 bits per heavy atom. The number of aryl methyl sites for hydroxylation is 2. The van der Waals surface area contributed by atoms with Crippen LogP contribution in [-0.4, -0.2) is 77.6 Å². The lowest BCUT2D eigenvalue weighted by Crippen LogP contribution is -2.44. The molecule has 5 rings (SSSR count). The lowest BCUT2D eigenvalue weighted by molar-refractivity contribution is -0.138. The van der Waals surface area contributed by atoms with Crippen LogP contribution >= 0.6 is 0 Å². The maximum absolute atomic E-state index is 14.0. The highest BCUT2D eigenvalue weighted by atomic mass is 19.4. The van der Waals surface area contributed by atoms with Gasteiger partial charge in [-0.05, 0) is 68.4 Å². The van der Waals surface area contributed by atoms with Gasteiger partial charge < -0.3 is 15.1 Å². The number of carbonyl (C=O) groups excluding carboxylic acids is 1. The van der Waals surface area contributed by atoms with Gasteiger partial charge in [0.15, 0.2) is 5.65 Å². The van der Waals surface area contributed by atoms with Gasteiger partial charge in [0.25, 0.3) is 5.91 Å². The molecule has 1 aliphatic rings. The average Bonchev–Trinajstić information content (AvgIpc) is 3.41. The van der Waals surface area contributed by atoms with E-state index in [0.29, 0.717) is 35.8 Å². The molecule has 1 aliphatic heterocycles. The maximum atomic E-state index is 14.0. The van der Waals surface area contributed by atoms with Gasteiger partial charge in [0.05, 0.1) is 11.3 Å². The second-order valence-corrected chi connectivity index (χ2v) is 11.1. The van der Waals surface area contributed by atoms with Crippen LogP contribution in [0.3, 0.4) is 0 Å². The predicted octanol–water partition coefficient (Wildman–Crippen LogP) is 4.83. The molecule has 1 fully saturated rings. The first-order valence-electron chi connectivity index (χ1n) is 14.0. The molecule has 4 aromatic rings. The number of pyridine rings is 1. The first-order chi connectivity index (χ1) is 20.4. The van der Waals surface area contributed by atoms with E-state index in [1.165, 1.54) is 12.1 Å². The lowest BCUT2D eigenvalue weighted by atomic mass is 10.0. The fourth-order valence-electron chi connectivity index (χ4n) is 4.92. The molecule has 0 aliphatic carbocycles. The van der Waals surface area contributed by atoms with Gasteiger partial charge in [-0.1, -0.05) is 24.0 Å². The molecule has 1 saturated heterocycles. The molecule has 11 heteroatoms. The quantitative estimate of drug-likeness (QED) is 0.337. The zero-order valence-electron chi connectivity index (χ0n) is 24.9. The monoisotopic (exact) mass is 589 g/mol. The summed E-state index contributed by atoms with van der Waals surface area (Å²) >= 11 is 0. The Bertz CT molecular complexity index is 1720. The van der Waals surface area contributed by atoms with Crippen LogP contribution in [0.25, 0.3) is 5.65 Å². The van der Waals surface area contributed by atoms with Gasteiger partial charge in [0.2, 0.25) is 5.95 Å². The fraction of sp³-hybridized carbons (Fsp3) is 0.344. The molecule has 2 aromatic carbocycles. The molecular formula is C32H34F3N7O. The number of halogens is 3. The molecule has 3 heterocycles. The summed E-state index contributed by atoms with van der Waals surface area (Å²) in [5.74, 6) is 6.39. The third kappa shape index (κ3) is 6.82. The Morgan fingerprint density at radius 3 is 2.40 bits per heavy atom. The number of anilines is 2. The Morgan fingerprint density at radius 2 is 1.70 bits per heavy atom. The van der Waals surface area contributed by atoms with Crippen molar-refractivity contribution in [1.29, 1.82) is 0 Å². The lowest BCUT2D eigenvalue weighted by Gasteiger charge is -2.33. The summed E-state index contributed by atoms with van der Waals surface area (Å²) in [7, 11) is 5.74. The number of hydrogen-bond acceptors (Lipinski definition) is 6. The molecule has 43 heavy (non-hydrogen) atoms. The van der Waals surface area contributed by atoms with Crippen molar-refractivity contribution in [3.63, 3.8) is 0 Å². The number of nitrogens with zero attached hydrogens (tertiary/aromatic N) is 6. The molecule has 0 spiro atoms. The van der Waals surface area contributed by atoms with Crippen LogP contribution in [0.1, 0.15) is 43.9 Å². The number of nitrogens with one attached hydrogen (secondary N) is 1. The highest BCUT2D eigenvalue weighted by molar-refractivity contribution is 6.04. The molecular weight excluding hydrogens is 555 g/mol. The van der Waals surface area contributed by atoms with E-state index < -0.39 is 17.6 Å². The summed E-state index contributed by atoms with van der Waals surface area (Å²) in [4.78, 5) is 23.6. The zero-order chi connectivity index (χ0) is 30.9. The minimum Gasteiger partial charge on any atom is -0.346 e. The number of carbonyl (C=O) groups is 1. The van der Waals surface area contributed by atoms with E-state index in [1.54, 1.807) is 22.7 Å². The van der Waals surface area contributed by atoms with Crippen molar-refractivity contribution in [2.45, 2.75) is 26.6 Å². The summed E-state index contributed by atoms with van der Waals surface area (Å²) in [5.41, 5.74) is 3.64. The maximum Gasteiger partial charge on any atom is 0.416 e. The average molecular weight is 590 g/mol.